The van der Waals surface area contributed by atoms with E-state index in [0.717, 1.165) is 29.2 Å². The van der Waals surface area contributed by atoms with Crippen molar-refractivity contribution in [1.29, 1.82) is 0 Å². The molecule has 0 fully saturated rings. The maximum atomic E-state index is 12.9. The van der Waals surface area contributed by atoms with Gasteiger partial charge in [0.15, 0.2) is 6.29 Å². The lowest BCUT2D eigenvalue weighted by Gasteiger charge is -2.12. The van der Waals surface area contributed by atoms with E-state index in [9.17, 15) is 22.4 Å². The van der Waals surface area contributed by atoms with Gasteiger partial charge in [-0.1, -0.05) is 0 Å². The van der Waals surface area contributed by atoms with Crippen LogP contribution in [0.2, 0.25) is 0 Å². The topological polar surface area (TPSA) is 34.9 Å². The second-order valence-electron chi connectivity index (χ2n) is 3.50. The summed E-state index contributed by atoms with van der Waals surface area (Å²) in [7, 11) is 0. The van der Waals surface area contributed by atoms with Gasteiger partial charge in [-0.25, -0.2) is 9.07 Å². The average molecular weight is 258 g/mol. The van der Waals surface area contributed by atoms with Crippen LogP contribution in [0.4, 0.5) is 17.6 Å². The number of hydrogen-bond acceptors (Lipinski definition) is 2. The number of alkyl halides is 3. The first-order valence-electron chi connectivity index (χ1n) is 4.79. The van der Waals surface area contributed by atoms with Gasteiger partial charge >= 0.3 is 6.18 Å². The largest absolute Gasteiger partial charge is 0.418 e. The van der Waals surface area contributed by atoms with Crippen LogP contribution in [0.25, 0.3) is 5.69 Å². The summed E-state index contributed by atoms with van der Waals surface area (Å²) in [5, 5.41) is 3.62. The van der Waals surface area contributed by atoms with Crippen molar-refractivity contribution >= 4 is 6.29 Å². The summed E-state index contributed by atoms with van der Waals surface area (Å²) in [5.74, 6) is -0.992. The third-order valence-corrected chi connectivity index (χ3v) is 2.25. The Morgan fingerprint density at radius 2 is 2.00 bits per heavy atom. The van der Waals surface area contributed by atoms with Crippen molar-refractivity contribution < 1.29 is 22.4 Å². The zero-order chi connectivity index (χ0) is 13.3. The minimum atomic E-state index is -4.70. The van der Waals surface area contributed by atoms with Crippen LogP contribution >= 0.6 is 0 Å². The summed E-state index contributed by atoms with van der Waals surface area (Å²) in [6.07, 6.45) is -1.99. The molecule has 94 valence electrons. The van der Waals surface area contributed by atoms with Gasteiger partial charge in [0.1, 0.15) is 5.82 Å². The molecule has 0 saturated carbocycles. The van der Waals surface area contributed by atoms with E-state index >= 15 is 0 Å². The quantitative estimate of drug-likeness (QED) is 0.613. The monoisotopic (exact) mass is 258 g/mol. The number of rotatable bonds is 2. The van der Waals surface area contributed by atoms with E-state index in [0.29, 0.717) is 12.4 Å². The van der Waals surface area contributed by atoms with E-state index in [1.54, 1.807) is 0 Å². The van der Waals surface area contributed by atoms with Crippen LogP contribution in [-0.4, -0.2) is 16.1 Å². The molecule has 0 amide bonds. The molecule has 3 nitrogen and oxygen atoms in total. The summed E-state index contributed by atoms with van der Waals surface area (Å²) >= 11 is 0. The minimum absolute atomic E-state index is 0.132. The summed E-state index contributed by atoms with van der Waals surface area (Å²) in [6.45, 7) is 0. The molecule has 1 aromatic heterocycles. The number of benzene rings is 1. The minimum Gasteiger partial charge on any atom is -0.298 e. The fourth-order valence-corrected chi connectivity index (χ4v) is 1.46. The number of aldehydes is 1. The van der Waals surface area contributed by atoms with E-state index in [2.05, 4.69) is 5.10 Å². The van der Waals surface area contributed by atoms with Gasteiger partial charge in [-0.05, 0) is 18.2 Å². The van der Waals surface area contributed by atoms with Crippen LogP contribution in [0.1, 0.15) is 15.9 Å². The van der Waals surface area contributed by atoms with Gasteiger partial charge in [0.25, 0.3) is 0 Å². The Balaban J connectivity index is 2.60. The van der Waals surface area contributed by atoms with E-state index < -0.39 is 17.6 Å². The Hall–Kier alpha value is -2.18. The second kappa shape index (κ2) is 4.25. The third-order valence-electron chi connectivity index (χ3n) is 2.25. The summed E-state index contributed by atoms with van der Waals surface area (Å²) < 4.78 is 51.9. The highest BCUT2D eigenvalue weighted by molar-refractivity contribution is 5.73. The molecular weight excluding hydrogens is 252 g/mol. The molecule has 0 aliphatic rings. The number of aromatic nitrogens is 2. The summed E-state index contributed by atoms with van der Waals surface area (Å²) in [6, 6.07) is 2.24. The molecule has 18 heavy (non-hydrogen) atoms. The van der Waals surface area contributed by atoms with Crippen molar-refractivity contribution in [3.63, 3.8) is 0 Å². The molecule has 1 aromatic carbocycles. The molecule has 7 heteroatoms. The molecule has 0 unspecified atom stereocenters. The first-order chi connectivity index (χ1) is 8.41. The Bertz CT molecular complexity index is 589. The maximum Gasteiger partial charge on any atom is 0.418 e. The number of carbonyl (C=O) groups is 1. The highest BCUT2D eigenvalue weighted by atomic mass is 19.4. The van der Waals surface area contributed by atoms with Crippen molar-refractivity contribution in [3.05, 3.63) is 47.5 Å². The van der Waals surface area contributed by atoms with Gasteiger partial charge in [-0.15, -0.1) is 0 Å². The molecule has 0 bridgehead atoms. The fraction of sp³-hybridized carbons (Fsp3) is 0.0909. The Morgan fingerprint density at radius 1 is 1.28 bits per heavy atom. The van der Waals surface area contributed by atoms with Crippen LogP contribution in [-0.2, 0) is 6.18 Å². The number of hydrogen-bond donors (Lipinski definition) is 0. The predicted molar refractivity (Wildman–Crippen MR) is 53.9 cm³/mol. The molecule has 2 aromatic rings. The molecule has 0 aliphatic carbocycles. The average Bonchev–Trinajstić information content (AvgIpc) is 2.76. The van der Waals surface area contributed by atoms with Crippen LogP contribution in [0, 0.1) is 5.82 Å². The van der Waals surface area contributed by atoms with Crippen molar-refractivity contribution in [3.8, 4) is 5.69 Å². The van der Waals surface area contributed by atoms with Crippen molar-refractivity contribution in [1.82, 2.24) is 9.78 Å². The zero-order valence-corrected chi connectivity index (χ0v) is 8.78. The normalized spacial score (nSPS) is 11.6. The van der Waals surface area contributed by atoms with Gasteiger partial charge in [0.2, 0.25) is 0 Å². The van der Waals surface area contributed by atoms with E-state index in [4.69, 9.17) is 0 Å². The summed E-state index contributed by atoms with van der Waals surface area (Å²) in [4.78, 5) is 10.5. The Morgan fingerprint density at radius 3 is 2.56 bits per heavy atom. The smallest absolute Gasteiger partial charge is 0.298 e. The first kappa shape index (κ1) is 12.3. The van der Waals surface area contributed by atoms with Gasteiger partial charge in [-0.2, -0.15) is 18.3 Å². The highest BCUT2D eigenvalue weighted by Crippen LogP contribution is 2.34. The number of carbonyl (C=O) groups excluding carboxylic acids is 1. The van der Waals surface area contributed by atoms with Crippen LogP contribution in [0.5, 0.6) is 0 Å². The van der Waals surface area contributed by atoms with Crippen LogP contribution < -0.4 is 0 Å². The predicted octanol–water partition coefficient (Wildman–Crippen LogP) is 2.84. The summed E-state index contributed by atoms with van der Waals surface area (Å²) in [5.41, 5.74) is -1.35. The third kappa shape index (κ3) is 2.24. The molecule has 1 heterocycles. The van der Waals surface area contributed by atoms with Crippen molar-refractivity contribution in [2.24, 2.45) is 0 Å². The molecule has 0 radical (unpaired) electrons. The zero-order valence-electron chi connectivity index (χ0n) is 8.78. The van der Waals surface area contributed by atoms with Gasteiger partial charge in [-0.3, -0.25) is 4.79 Å². The molecule has 0 saturated heterocycles. The number of halogens is 4. The standard InChI is InChI=1S/C11H6F4N2O/c12-8-1-2-10(9(3-8)11(13,14)15)17-5-7(6-18)4-16-17/h1-6H. The Labute approximate surface area is 98.6 Å². The lowest BCUT2D eigenvalue weighted by molar-refractivity contribution is -0.137. The maximum absolute atomic E-state index is 12.9. The fourth-order valence-electron chi connectivity index (χ4n) is 1.46. The van der Waals surface area contributed by atoms with E-state index in [1.165, 1.54) is 0 Å². The number of nitrogens with zero attached hydrogens (tertiary/aromatic N) is 2. The van der Waals surface area contributed by atoms with Crippen LogP contribution in [0.3, 0.4) is 0 Å². The molecule has 0 aliphatic heterocycles. The first-order valence-corrected chi connectivity index (χ1v) is 4.79. The Kier molecular flexibility index (Phi) is 2.90. The van der Waals surface area contributed by atoms with Gasteiger partial charge in [0, 0.05) is 6.20 Å². The van der Waals surface area contributed by atoms with Crippen LogP contribution in [0.15, 0.2) is 30.6 Å². The SMILES string of the molecule is O=Cc1cnn(-c2ccc(F)cc2C(F)(F)F)c1. The molecule has 0 spiro atoms. The van der Waals surface area contributed by atoms with E-state index in [-0.39, 0.29) is 11.3 Å². The second-order valence-corrected chi connectivity index (χ2v) is 3.50. The molecule has 0 N–H and O–H groups in total. The van der Waals surface area contributed by atoms with Crippen molar-refractivity contribution in [2.45, 2.75) is 6.18 Å². The van der Waals surface area contributed by atoms with Crippen molar-refractivity contribution in [2.75, 3.05) is 0 Å². The van der Waals surface area contributed by atoms with Gasteiger partial charge in [0.05, 0.1) is 23.0 Å². The lowest BCUT2D eigenvalue weighted by atomic mass is 10.1. The molecule has 0 atom stereocenters. The van der Waals surface area contributed by atoms with Gasteiger partial charge < -0.3 is 0 Å². The lowest BCUT2D eigenvalue weighted by Crippen LogP contribution is -2.11. The highest BCUT2D eigenvalue weighted by Gasteiger charge is 2.34. The van der Waals surface area contributed by atoms with E-state index in [1.807, 2.05) is 0 Å². The molecule has 2 rings (SSSR count). The molecular formula is C11H6F4N2O.